The minimum atomic E-state index is -1.32. The van der Waals surface area contributed by atoms with E-state index in [4.69, 9.17) is 0 Å². The summed E-state index contributed by atoms with van der Waals surface area (Å²) >= 11 is 0. The molecular formula is C18H17NO2. The van der Waals surface area contributed by atoms with Gasteiger partial charge in [-0.1, -0.05) is 48.5 Å². The number of aliphatic hydroxyl groups is 1. The number of benzene rings is 2. The van der Waals surface area contributed by atoms with Crippen molar-refractivity contribution in [2.45, 2.75) is 12.5 Å². The summed E-state index contributed by atoms with van der Waals surface area (Å²) in [4.78, 5) is 12.6. The molecule has 0 radical (unpaired) electrons. The molecule has 3 aromatic rings. The number of rotatable bonds is 2. The van der Waals surface area contributed by atoms with Gasteiger partial charge in [0.05, 0.1) is 11.1 Å². The molecule has 0 aliphatic rings. The average Bonchev–Trinajstić information content (AvgIpc) is 2.51. The first-order chi connectivity index (χ1) is 10.0. The molecule has 3 nitrogen and oxygen atoms in total. The van der Waals surface area contributed by atoms with E-state index in [1.165, 1.54) is 0 Å². The van der Waals surface area contributed by atoms with Gasteiger partial charge in [-0.25, -0.2) is 0 Å². The summed E-state index contributed by atoms with van der Waals surface area (Å²) in [7, 11) is 1.73. The Bertz CT molecular complexity index is 848. The zero-order valence-corrected chi connectivity index (χ0v) is 12.1. The third kappa shape index (κ3) is 2.16. The highest BCUT2D eigenvalue weighted by atomic mass is 16.3. The fourth-order valence-electron chi connectivity index (χ4n) is 2.69. The van der Waals surface area contributed by atoms with Gasteiger partial charge in [0.25, 0.3) is 5.56 Å². The van der Waals surface area contributed by atoms with Gasteiger partial charge in [-0.2, -0.15) is 0 Å². The predicted molar refractivity (Wildman–Crippen MR) is 84.3 cm³/mol. The van der Waals surface area contributed by atoms with Crippen LogP contribution in [0.15, 0.2) is 65.5 Å². The van der Waals surface area contributed by atoms with Crippen LogP contribution in [0.4, 0.5) is 0 Å². The van der Waals surface area contributed by atoms with E-state index < -0.39 is 5.60 Å². The van der Waals surface area contributed by atoms with Crippen molar-refractivity contribution in [2.24, 2.45) is 7.05 Å². The Kier molecular flexibility index (Phi) is 3.15. The Morgan fingerprint density at radius 2 is 1.62 bits per heavy atom. The number of aromatic nitrogens is 1. The van der Waals surface area contributed by atoms with Crippen molar-refractivity contribution in [1.29, 1.82) is 0 Å². The first kappa shape index (κ1) is 13.6. The van der Waals surface area contributed by atoms with Gasteiger partial charge >= 0.3 is 0 Å². The molecule has 3 heteroatoms. The summed E-state index contributed by atoms with van der Waals surface area (Å²) < 4.78 is 1.59. The molecule has 0 aliphatic heterocycles. The van der Waals surface area contributed by atoms with Crippen molar-refractivity contribution >= 4 is 10.9 Å². The van der Waals surface area contributed by atoms with Gasteiger partial charge in [-0.15, -0.1) is 0 Å². The second-order valence-corrected chi connectivity index (χ2v) is 5.42. The maximum Gasteiger partial charge on any atom is 0.257 e. The van der Waals surface area contributed by atoms with Crippen LogP contribution in [0.3, 0.4) is 0 Å². The molecule has 0 fully saturated rings. The molecule has 0 saturated carbocycles. The van der Waals surface area contributed by atoms with Crippen molar-refractivity contribution in [1.82, 2.24) is 4.57 Å². The van der Waals surface area contributed by atoms with Gasteiger partial charge < -0.3 is 9.67 Å². The lowest BCUT2D eigenvalue weighted by atomic mass is 9.88. The molecule has 1 N–H and O–H groups in total. The van der Waals surface area contributed by atoms with Crippen LogP contribution in [0, 0.1) is 0 Å². The van der Waals surface area contributed by atoms with Crippen LogP contribution in [-0.2, 0) is 12.6 Å². The smallest absolute Gasteiger partial charge is 0.257 e. The van der Waals surface area contributed by atoms with E-state index in [9.17, 15) is 9.90 Å². The number of aryl methyl sites for hydroxylation is 1. The molecule has 1 aromatic heterocycles. The summed E-state index contributed by atoms with van der Waals surface area (Å²) in [5.41, 5.74) is 0.449. The zero-order valence-electron chi connectivity index (χ0n) is 12.1. The molecule has 2 aromatic carbocycles. The van der Waals surface area contributed by atoms with E-state index in [1.807, 2.05) is 54.6 Å². The Morgan fingerprint density at radius 1 is 1.00 bits per heavy atom. The van der Waals surface area contributed by atoms with E-state index in [2.05, 4.69) is 0 Å². The van der Waals surface area contributed by atoms with Gasteiger partial charge in [0.15, 0.2) is 0 Å². The van der Waals surface area contributed by atoms with Crippen LogP contribution in [0.25, 0.3) is 10.9 Å². The highest BCUT2D eigenvalue weighted by Crippen LogP contribution is 2.28. The molecular weight excluding hydrogens is 262 g/mol. The zero-order chi connectivity index (χ0) is 15.0. The summed E-state index contributed by atoms with van der Waals surface area (Å²) in [5.74, 6) is 0. The van der Waals surface area contributed by atoms with Crippen molar-refractivity contribution in [3.63, 3.8) is 0 Å². The summed E-state index contributed by atoms with van der Waals surface area (Å²) in [6, 6.07) is 18.7. The van der Waals surface area contributed by atoms with E-state index in [0.717, 1.165) is 10.9 Å². The Hall–Kier alpha value is -2.39. The highest BCUT2D eigenvalue weighted by molar-refractivity contribution is 5.79. The maximum atomic E-state index is 12.6. The molecule has 0 aliphatic carbocycles. The van der Waals surface area contributed by atoms with E-state index in [0.29, 0.717) is 11.1 Å². The Labute approximate surface area is 123 Å². The van der Waals surface area contributed by atoms with Crippen LogP contribution in [0.1, 0.15) is 18.1 Å². The van der Waals surface area contributed by atoms with Crippen LogP contribution >= 0.6 is 0 Å². The minimum absolute atomic E-state index is 0.178. The van der Waals surface area contributed by atoms with Gasteiger partial charge in [0, 0.05) is 7.05 Å². The van der Waals surface area contributed by atoms with Crippen molar-refractivity contribution in [2.75, 3.05) is 0 Å². The van der Waals surface area contributed by atoms with E-state index in [1.54, 1.807) is 24.6 Å². The molecule has 0 spiro atoms. The molecule has 0 bridgehead atoms. The lowest BCUT2D eigenvalue weighted by Gasteiger charge is -2.24. The second kappa shape index (κ2) is 4.86. The topological polar surface area (TPSA) is 42.2 Å². The van der Waals surface area contributed by atoms with Crippen molar-refractivity contribution in [3.05, 3.63) is 82.1 Å². The van der Waals surface area contributed by atoms with E-state index in [-0.39, 0.29) is 5.56 Å². The summed E-state index contributed by atoms with van der Waals surface area (Å²) in [6.45, 7) is 1.66. The molecule has 0 saturated heterocycles. The SMILES string of the molecule is Cn1c(=O)c(C(C)(O)c2ccccc2)cc2ccccc21. The molecule has 106 valence electrons. The maximum absolute atomic E-state index is 12.6. The number of pyridine rings is 1. The first-order valence-electron chi connectivity index (χ1n) is 6.89. The monoisotopic (exact) mass is 279 g/mol. The van der Waals surface area contributed by atoms with Crippen LogP contribution < -0.4 is 5.56 Å². The van der Waals surface area contributed by atoms with Gasteiger partial charge in [0.2, 0.25) is 0 Å². The van der Waals surface area contributed by atoms with Gasteiger partial charge in [0.1, 0.15) is 5.60 Å². The predicted octanol–water partition coefficient (Wildman–Crippen LogP) is 2.79. The third-order valence-electron chi connectivity index (χ3n) is 3.99. The molecule has 0 amide bonds. The highest BCUT2D eigenvalue weighted by Gasteiger charge is 2.29. The number of hydrogen-bond donors (Lipinski definition) is 1. The largest absolute Gasteiger partial charge is 0.380 e. The fourth-order valence-corrected chi connectivity index (χ4v) is 2.69. The third-order valence-corrected chi connectivity index (χ3v) is 3.99. The summed E-state index contributed by atoms with van der Waals surface area (Å²) in [6.07, 6.45) is 0. The van der Waals surface area contributed by atoms with Gasteiger partial charge in [-0.3, -0.25) is 4.79 Å². The van der Waals surface area contributed by atoms with Crippen LogP contribution in [0.2, 0.25) is 0 Å². The number of hydrogen-bond acceptors (Lipinski definition) is 2. The summed E-state index contributed by atoms with van der Waals surface area (Å²) in [5, 5.41) is 11.8. The molecule has 1 atom stereocenters. The normalized spacial score (nSPS) is 14.0. The molecule has 3 rings (SSSR count). The Balaban J connectivity index is 2.30. The van der Waals surface area contributed by atoms with E-state index >= 15 is 0 Å². The fraction of sp³-hybridized carbons (Fsp3) is 0.167. The lowest BCUT2D eigenvalue weighted by Crippen LogP contribution is -2.33. The standard InChI is InChI=1S/C18H17NO2/c1-18(21,14-9-4-3-5-10-14)15-12-13-8-6-7-11-16(13)19(2)17(15)20/h3-12,21H,1-2H3. The Morgan fingerprint density at radius 3 is 2.33 bits per heavy atom. The lowest BCUT2D eigenvalue weighted by molar-refractivity contribution is 0.100. The number of para-hydroxylation sites is 1. The van der Waals surface area contributed by atoms with Crippen LogP contribution in [0.5, 0.6) is 0 Å². The molecule has 1 unspecified atom stereocenters. The number of fused-ring (bicyclic) bond motifs is 1. The average molecular weight is 279 g/mol. The first-order valence-corrected chi connectivity index (χ1v) is 6.89. The second-order valence-electron chi connectivity index (χ2n) is 5.42. The van der Waals surface area contributed by atoms with Crippen LogP contribution in [-0.4, -0.2) is 9.67 Å². The molecule has 1 heterocycles. The van der Waals surface area contributed by atoms with Crippen molar-refractivity contribution in [3.8, 4) is 0 Å². The number of nitrogens with zero attached hydrogens (tertiary/aromatic N) is 1. The van der Waals surface area contributed by atoms with Crippen molar-refractivity contribution < 1.29 is 5.11 Å². The minimum Gasteiger partial charge on any atom is -0.380 e. The van der Waals surface area contributed by atoms with Gasteiger partial charge in [-0.05, 0) is 30.0 Å². The molecule has 21 heavy (non-hydrogen) atoms. The quantitative estimate of drug-likeness (QED) is 0.783.